The largest absolute Gasteiger partial charge is 1.59 e. The third-order valence-corrected chi connectivity index (χ3v) is 1.60. The minimum absolute atomic E-state index is 0.0988. The van der Waals surface area contributed by atoms with Crippen molar-refractivity contribution in [3.8, 4) is 0 Å². The van der Waals surface area contributed by atoms with E-state index in [0.717, 1.165) is 11.9 Å². The zero-order chi connectivity index (χ0) is 7.28. The maximum Gasteiger partial charge on any atom is 1.59 e. The zero-order valence-electron chi connectivity index (χ0n) is 5.04. The average Bonchev–Trinajstić information content (AvgIpc) is 2.23. The van der Waals surface area contributed by atoms with Gasteiger partial charge in [-0.1, -0.05) is 0 Å². The highest BCUT2D eigenvalue weighted by Gasteiger charge is 2.16. The third kappa shape index (κ3) is 3.35. The summed E-state index contributed by atoms with van der Waals surface area (Å²) in [6.45, 7) is 0. The summed E-state index contributed by atoms with van der Waals surface area (Å²) >= 11 is 2.32. The van der Waals surface area contributed by atoms with E-state index in [0.29, 0.717) is 0 Å². The predicted molar refractivity (Wildman–Crippen MR) is 42.5 cm³/mol. The molecule has 0 saturated carbocycles. The first-order chi connectivity index (χ1) is 4.30. The number of likely N-dealkylation sites (N-methyl/N-ethyl adjacent to an activating group) is 1. The second kappa shape index (κ2) is 5.40. The zero-order valence-corrected chi connectivity index (χ0v) is 8.11. The predicted octanol–water partition coefficient (Wildman–Crippen LogP) is 0.661. The average molecular weight is 176 g/mol. The van der Waals surface area contributed by atoms with Gasteiger partial charge in [-0.3, -0.25) is 9.10 Å². The van der Waals surface area contributed by atoms with E-state index in [1.165, 1.54) is 20.6 Å². The molecule has 0 bridgehead atoms. The van der Waals surface area contributed by atoms with Gasteiger partial charge in [0.25, 0.3) is 5.91 Å². The lowest BCUT2D eigenvalue weighted by Gasteiger charge is -2.03. The number of carbonyl (C=O) groups excluding carboxylic acids is 1. The molecule has 46 valence electrons. The van der Waals surface area contributed by atoms with Crippen LogP contribution < -0.4 is 0 Å². The maximum atomic E-state index is 10.4. The lowest BCUT2D eigenvalue weighted by Crippen LogP contribution is -2.10. The van der Waals surface area contributed by atoms with E-state index in [-0.39, 0.29) is 5.91 Å². The van der Waals surface area contributed by atoms with Gasteiger partial charge in [0.2, 0.25) is 0 Å². The molecule has 0 aliphatic carbocycles. The fraction of sp³-hybridized carbons (Fsp3) is 0.250. The summed E-state index contributed by atoms with van der Waals surface area (Å²) in [5.74, 6) is 0.0988. The number of halogens is 1. The summed E-state index contributed by atoms with van der Waals surface area (Å²) < 4.78 is 1.62. The van der Waals surface area contributed by atoms with Gasteiger partial charge < -0.3 is 0 Å². The third-order valence-electron chi connectivity index (χ3n) is 0.776. The molecule has 1 aliphatic heterocycles. The lowest BCUT2D eigenvalue weighted by atomic mass is 10.6. The molecule has 0 spiro atoms. The van der Waals surface area contributed by atoms with Crippen molar-refractivity contribution < 1.29 is 4.79 Å². The van der Waals surface area contributed by atoms with Gasteiger partial charge in [-0.25, -0.2) is 0 Å². The Balaban J connectivity index is 0.000000291. The van der Waals surface area contributed by atoms with Crippen LogP contribution >= 0.6 is 21.0 Å². The fourth-order valence-electron chi connectivity index (χ4n) is 0.362. The first-order valence-corrected chi connectivity index (χ1v) is 5.28. The van der Waals surface area contributed by atoms with E-state index < -0.39 is 0 Å². The van der Waals surface area contributed by atoms with Crippen LogP contribution in [0.4, 0.5) is 0 Å². The molecule has 1 rings (SSSR count). The van der Waals surface area contributed by atoms with Crippen LogP contribution in [0.25, 0.3) is 0 Å². The molecule has 5 heteroatoms. The van der Waals surface area contributed by atoms with Gasteiger partial charge >= 0.3 is 29.7 Å². The van der Waals surface area contributed by atoms with Crippen molar-refractivity contribution >= 4 is 47.5 Å². The molecule has 0 fully saturated rings. The van der Waals surface area contributed by atoms with Crippen molar-refractivity contribution in [1.29, 1.82) is 0 Å². The summed E-state index contributed by atoms with van der Waals surface area (Å²) in [5.41, 5.74) is 0. The quantitative estimate of drug-likeness (QED) is 0.424. The Bertz CT molecular complexity index is 130. The van der Waals surface area contributed by atoms with E-state index in [2.05, 4.69) is 9.07 Å². The number of thiol groups is 1. The number of hydrogen-bond acceptors (Lipinski definition) is 1. The van der Waals surface area contributed by atoms with Crippen molar-refractivity contribution in [2.75, 3.05) is 7.05 Å². The minimum Gasteiger partial charge on any atom is -0.295 e. The standard InChI is InChI=1S/C4H6NOS.ClH.Mg/c1-5-4(6)2-3-7-5;;/h2-3,7H,1H3;1H;/q;;+3/p-1. The lowest BCUT2D eigenvalue weighted by molar-refractivity contribution is -0.120. The molecule has 1 amide bonds. The molecule has 0 aromatic heterocycles. The number of amides is 1. The molecule has 0 unspecified atom stereocenters. The van der Waals surface area contributed by atoms with E-state index in [1.807, 2.05) is 5.41 Å². The summed E-state index contributed by atoms with van der Waals surface area (Å²) in [7, 11) is 6.43. The molecule has 0 N–H and O–H groups in total. The molecule has 9 heavy (non-hydrogen) atoms. The molecular weight excluding hydrogens is 170 g/mol. The number of carbonyl (C=O) groups is 1. The minimum atomic E-state index is 0.0988. The van der Waals surface area contributed by atoms with Crippen LogP contribution in [0.5, 0.6) is 0 Å². The highest BCUT2D eigenvalue weighted by molar-refractivity contribution is 8.00. The smallest absolute Gasteiger partial charge is 0.295 e. The summed E-state index contributed by atoms with van der Waals surface area (Å²) in [6.07, 6.45) is 1.57. The van der Waals surface area contributed by atoms with Crippen LogP contribution in [0.1, 0.15) is 0 Å². The Morgan fingerprint density at radius 2 is 2.33 bits per heavy atom. The second-order valence-corrected chi connectivity index (χ2v) is 2.42. The Kier molecular flexibility index (Phi) is 5.77. The van der Waals surface area contributed by atoms with Crippen LogP contribution in [0.2, 0.25) is 0 Å². The van der Waals surface area contributed by atoms with Crippen molar-refractivity contribution in [2.24, 2.45) is 0 Å². The SMILES string of the molecule is CN1[SH]C=CC1=O.[Mg+2][Cl]. The van der Waals surface area contributed by atoms with Crippen molar-refractivity contribution in [3.05, 3.63) is 11.5 Å². The number of hydrogen-bond donors (Lipinski definition) is 1. The molecule has 1 aliphatic rings. The van der Waals surface area contributed by atoms with Gasteiger partial charge in [0.1, 0.15) is 0 Å². The highest BCUT2D eigenvalue weighted by Crippen LogP contribution is 2.15. The summed E-state index contributed by atoms with van der Waals surface area (Å²) in [4.78, 5) is 10.4. The second-order valence-electron chi connectivity index (χ2n) is 1.29. The molecule has 0 aromatic rings. The van der Waals surface area contributed by atoms with Crippen LogP contribution in [0.3, 0.4) is 0 Å². The van der Waals surface area contributed by atoms with Gasteiger partial charge in [-0.15, -0.1) is 11.9 Å². The van der Waals surface area contributed by atoms with Gasteiger partial charge in [0, 0.05) is 13.1 Å². The first-order valence-electron chi connectivity index (χ1n) is 2.22. The van der Waals surface area contributed by atoms with E-state index in [4.69, 9.17) is 0 Å². The van der Waals surface area contributed by atoms with Gasteiger partial charge in [0.05, 0.1) is 0 Å². The van der Waals surface area contributed by atoms with E-state index in [1.54, 1.807) is 17.4 Å². The van der Waals surface area contributed by atoms with Crippen LogP contribution in [0.15, 0.2) is 11.5 Å². The normalized spacial score (nSPS) is 15.4. The number of nitrogens with zero attached hydrogens (tertiary/aromatic N) is 1. The molecule has 0 saturated heterocycles. The molecule has 2 nitrogen and oxygen atoms in total. The Hall–Kier alpha value is 0.616. The Morgan fingerprint density at radius 1 is 1.78 bits per heavy atom. The molecule has 0 aromatic carbocycles. The van der Waals surface area contributed by atoms with Crippen molar-refractivity contribution in [2.45, 2.75) is 0 Å². The summed E-state index contributed by atoms with van der Waals surface area (Å²) in [6, 6.07) is 0. The van der Waals surface area contributed by atoms with Crippen LogP contribution in [-0.2, 0) is 4.79 Å². The van der Waals surface area contributed by atoms with Crippen LogP contribution in [-0.4, -0.2) is 37.9 Å². The topological polar surface area (TPSA) is 20.3 Å². The van der Waals surface area contributed by atoms with Crippen molar-refractivity contribution in [3.63, 3.8) is 0 Å². The van der Waals surface area contributed by atoms with Gasteiger partial charge in [-0.05, 0) is 5.41 Å². The molecule has 1 heterocycles. The van der Waals surface area contributed by atoms with E-state index >= 15 is 0 Å². The van der Waals surface area contributed by atoms with Gasteiger partial charge in [-0.2, -0.15) is 0 Å². The first kappa shape index (κ1) is 9.62. The Morgan fingerprint density at radius 3 is 2.44 bits per heavy atom. The highest BCUT2D eigenvalue weighted by atomic mass is 35.5. The summed E-state index contributed by atoms with van der Waals surface area (Å²) in [5, 5.41) is 1.82. The Labute approximate surface area is 75.0 Å². The molecule has 8 radical (unpaired) electrons. The number of rotatable bonds is 0. The van der Waals surface area contributed by atoms with Crippen LogP contribution in [0, 0.1) is 0 Å². The molecule has 0 atom stereocenters. The van der Waals surface area contributed by atoms with E-state index in [9.17, 15) is 4.79 Å². The fourth-order valence-corrected chi connectivity index (χ4v) is 0.937. The van der Waals surface area contributed by atoms with Crippen molar-refractivity contribution in [1.82, 2.24) is 4.31 Å². The monoisotopic (exact) mass is 175 g/mol. The molecular formula is C4H6ClMgNOS+2. The maximum absolute atomic E-state index is 10.4. The van der Waals surface area contributed by atoms with Gasteiger partial charge in [0.15, 0.2) is 0 Å².